The molecule has 0 unspecified atom stereocenters. The number of fused-ring (bicyclic) bond motifs is 1. The summed E-state index contributed by atoms with van der Waals surface area (Å²) >= 11 is 0. The standard InChI is InChI=1S/C20H30N2O3/c1-2-9-21-19(4-1)25-16-20-8-3-11-24-18(20)5-10-22(15-20)14-17-6-12-23-13-7-17/h1-2,4,9,17-18H,3,5-8,10-16H2/t18-,20+/m0/s1. The number of piperidine rings is 1. The number of likely N-dealkylation sites (tertiary alicyclic amines) is 1. The zero-order valence-corrected chi connectivity index (χ0v) is 15.1. The van der Waals surface area contributed by atoms with Gasteiger partial charge in [0.25, 0.3) is 0 Å². The molecular weight excluding hydrogens is 316 g/mol. The minimum absolute atomic E-state index is 0.110. The lowest BCUT2D eigenvalue weighted by molar-refractivity contribution is -0.142. The zero-order valence-electron chi connectivity index (χ0n) is 15.1. The van der Waals surface area contributed by atoms with Gasteiger partial charge >= 0.3 is 0 Å². The molecule has 0 radical (unpaired) electrons. The molecule has 5 heteroatoms. The van der Waals surface area contributed by atoms with Crippen molar-refractivity contribution in [3.63, 3.8) is 0 Å². The predicted octanol–water partition coefficient (Wildman–Crippen LogP) is 2.76. The second-order valence-electron chi connectivity index (χ2n) is 7.86. The Labute approximate surface area is 150 Å². The van der Waals surface area contributed by atoms with Crippen molar-refractivity contribution < 1.29 is 14.2 Å². The van der Waals surface area contributed by atoms with Crippen LogP contribution in [0.5, 0.6) is 5.88 Å². The summed E-state index contributed by atoms with van der Waals surface area (Å²) in [4.78, 5) is 6.98. The maximum absolute atomic E-state index is 6.16. The van der Waals surface area contributed by atoms with Gasteiger partial charge in [0, 0.05) is 57.1 Å². The SMILES string of the molecule is c1ccc(OC[C@]23CCCO[C@H]2CCN(CC2CCOCC2)C3)nc1. The van der Waals surface area contributed by atoms with Crippen LogP contribution in [0.25, 0.3) is 0 Å². The van der Waals surface area contributed by atoms with Gasteiger partial charge in [-0.3, -0.25) is 0 Å². The molecule has 1 aromatic heterocycles. The second kappa shape index (κ2) is 8.02. The number of aromatic nitrogens is 1. The molecule has 0 N–H and O–H groups in total. The van der Waals surface area contributed by atoms with E-state index in [1.165, 1.54) is 25.8 Å². The van der Waals surface area contributed by atoms with Crippen molar-refractivity contribution in [1.82, 2.24) is 9.88 Å². The molecule has 4 rings (SSSR count). The minimum atomic E-state index is 0.110. The highest BCUT2D eigenvalue weighted by atomic mass is 16.5. The first kappa shape index (κ1) is 17.3. The molecule has 3 aliphatic rings. The molecular formula is C20H30N2O3. The normalized spacial score (nSPS) is 31.4. The van der Waals surface area contributed by atoms with E-state index in [9.17, 15) is 0 Å². The number of pyridine rings is 1. The maximum atomic E-state index is 6.16. The summed E-state index contributed by atoms with van der Waals surface area (Å²) in [5.41, 5.74) is 0.110. The molecule has 25 heavy (non-hydrogen) atoms. The second-order valence-corrected chi connectivity index (χ2v) is 7.86. The fourth-order valence-corrected chi connectivity index (χ4v) is 4.69. The summed E-state index contributed by atoms with van der Waals surface area (Å²) in [5.74, 6) is 1.51. The molecule has 0 aliphatic carbocycles. The Morgan fingerprint density at radius 1 is 1.20 bits per heavy atom. The molecule has 2 atom stereocenters. The van der Waals surface area contributed by atoms with E-state index in [2.05, 4.69) is 9.88 Å². The highest BCUT2D eigenvalue weighted by Gasteiger charge is 2.47. The third kappa shape index (κ3) is 4.15. The van der Waals surface area contributed by atoms with Crippen LogP contribution < -0.4 is 4.74 Å². The first-order chi connectivity index (χ1) is 12.3. The van der Waals surface area contributed by atoms with Gasteiger partial charge in [0.15, 0.2) is 0 Å². The zero-order chi connectivity index (χ0) is 17.0. The van der Waals surface area contributed by atoms with Crippen LogP contribution in [-0.2, 0) is 9.47 Å². The molecule has 5 nitrogen and oxygen atoms in total. The van der Waals surface area contributed by atoms with E-state index in [4.69, 9.17) is 14.2 Å². The summed E-state index contributed by atoms with van der Waals surface area (Å²) < 4.78 is 17.8. The van der Waals surface area contributed by atoms with Crippen molar-refractivity contribution in [2.24, 2.45) is 11.3 Å². The summed E-state index contributed by atoms with van der Waals surface area (Å²) in [7, 11) is 0. The molecule has 0 amide bonds. The molecule has 3 fully saturated rings. The number of hydrogen-bond acceptors (Lipinski definition) is 5. The maximum Gasteiger partial charge on any atom is 0.213 e. The highest BCUT2D eigenvalue weighted by Crippen LogP contribution is 2.41. The third-order valence-electron chi connectivity index (χ3n) is 6.07. The van der Waals surface area contributed by atoms with E-state index in [1.807, 2.05) is 18.2 Å². The van der Waals surface area contributed by atoms with Gasteiger partial charge < -0.3 is 19.1 Å². The van der Waals surface area contributed by atoms with Crippen LogP contribution in [0, 0.1) is 11.3 Å². The van der Waals surface area contributed by atoms with E-state index in [0.717, 1.165) is 57.5 Å². The fraction of sp³-hybridized carbons (Fsp3) is 0.750. The van der Waals surface area contributed by atoms with Gasteiger partial charge in [0.05, 0.1) is 12.7 Å². The number of nitrogens with zero attached hydrogens (tertiary/aromatic N) is 2. The van der Waals surface area contributed by atoms with Gasteiger partial charge in [-0.1, -0.05) is 6.07 Å². The Bertz CT molecular complexity index is 535. The first-order valence-corrected chi connectivity index (χ1v) is 9.80. The molecule has 0 saturated carbocycles. The van der Waals surface area contributed by atoms with Crippen LogP contribution in [0.15, 0.2) is 24.4 Å². The summed E-state index contributed by atoms with van der Waals surface area (Å²) in [6, 6.07) is 5.85. The van der Waals surface area contributed by atoms with Crippen molar-refractivity contribution in [1.29, 1.82) is 0 Å². The van der Waals surface area contributed by atoms with E-state index < -0.39 is 0 Å². The molecule has 0 spiro atoms. The topological polar surface area (TPSA) is 43.8 Å². The quantitative estimate of drug-likeness (QED) is 0.820. The van der Waals surface area contributed by atoms with Crippen molar-refractivity contribution >= 4 is 0 Å². The van der Waals surface area contributed by atoms with Gasteiger partial charge in [-0.15, -0.1) is 0 Å². The summed E-state index contributed by atoms with van der Waals surface area (Å²) in [5, 5.41) is 0. The molecule has 3 saturated heterocycles. The monoisotopic (exact) mass is 346 g/mol. The molecule has 0 aromatic carbocycles. The van der Waals surface area contributed by atoms with Gasteiger partial charge in [-0.2, -0.15) is 0 Å². The van der Waals surface area contributed by atoms with E-state index in [0.29, 0.717) is 12.7 Å². The fourth-order valence-electron chi connectivity index (χ4n) is 4.69. The Morgan fingerprint density at radius 3 is 2.96 bits per heavy atom. The van der Waals surface area contributed by atoms with Gasteiger partial charge in [-0.25, -0.2) is 4.98 Å². The predicted molar refractivity (Wildman–Crippen MR) is 95.7 cm³/mol. The molecule has 4 heterocycles. The molecule has 3 aliphatic heterocycles. The van der Waals surface area contributed by atoms with E-state index in [-0.39, 0.29) is 5.41 Å². The Kier molecular flexibility index (Phi) is 5.54. The number of hydrogen-bond donors (Lipinski definition) is 0. The number of rotatable bonds is 5. The Morgan fingerprint density at radius 2 is 2.12 bits per heavy atom. The van der Waals surface area contributed by atoms with Crippen molar-refractivity contribution in [3.05, 3.63) is 24.4 Å². The van der Waals surface area contributed by atoms with Crippen molar-refractivity contribution in [2.45, 2.75) is 38.2 Å². The lowest BCUT2D eigenvalue weighted by Crippen LogP contribution is -2.58. The van der Waals surface area contributed by atoms with Crippen molar-refractivity contribution in [2.75, 3.05) is 46.1 Å². The summed E-state index contributed by atoms with van der Waals surface area (Å²) in [6.45, 7) is 6.89. The van der Waals surface area contributed by atoms with Crippen LogP contribution in [0.4, 0.5) is 0 Å². The van der Waals surface area contributed by atoms with E-state index in [1.54, 1.807) is 6.20 Å². The van der Waals surface area contributed by atoms with Gasteiger partial charge in [0.2, 0.25) is 5.88 Å². The third-order valence-corrected chi connectivity index (χ3v) is 6.07. The summed E-state index contributed by atoms with van der Waals surface area (Å²) in [6.07, 6.45) is 7.97. The Balaban J connectivity index is 1.41. The van der Waals surface area contributed by atoms with Crippen LogP contribution >= 0.6 is 0 Å². The lowest BCUT2D eigenvalue weighted by atomic mass is 9.72. The minimum Gasteiger partial charge on any atom is -0.477 e. The van der Waals surface area contributed by atoms with Gasteiger partial charge in [-0.05, 0) is 44.1 Å². The average molecular weight is 346 g/mol. The number of ether oxygens (including phenoxy) is 3. The molecule has 138 valence electrons. The molecule has 1 aromatic rings. The largest absolute Gasteiger partial charge is 0.477 e. The molecule has 0 bridgehead atoms. The average Bonchev–Trinajstić information content (AvgIpc) is 2.68. The highest BCUT2D eigenvalue weighted by molar-refractivity contribution is 5.10. The van der Waals surface area contributed by atoms with Crippen LogP contribution in [-0.4, -0.2) is 62.0 Å². The van der Waals surface area contributed by atoms with Crippen LogP contribution in [0.1, 0.15) is 32.1 Å². The Hall–Kier alpha value is -1.17. The first-order valence-electron chi connectivity index (χ1n) is 9.80. The van der Waals surface area contributed by atoms with Crippen LogP contribution in [0.2, 0.25) is 0 Å². The van der Waals surface area contributed by atoms with E-state index >= 15 is 0 Å². The van der Waals surface area contributed by atoms with Crippen LogP contribution in [0.3, 0.4) is 0 Å². The van der Waals surface area contributed by atoms with Crippen molar-refractivity contribution in [3.8, 4) is 5.88 Å². The smallest absolute Gasteiger partial charge is 0.213 e. The lowest BCUT2D eigenvalue weighted by Gasteiger charge is -2.50. The van der Waals surface area contributed by atoms with Gasteiger partial charge in [0.1, 0.15) is 0 Å².